The third kappa shape index (κ3) is 3.55. The third-order valence-electron chi connectivity index (χ3n) is 3.64. The number of aromatic nitrogens is 4. The Bertz CT molecular complexity index is 1070. The lowest BCUT2D eigenvalue weighted by Gasteiger charge is -2.10. The highest BCUT2D eigenvalue weighted by molar-refractivity contribution is 5.94. The zero-order chi connectivity index (χ0) is 18.0. The monoisotopic (exact) mass is 341 g/mol. The van der Waals surface area contributed by atoms with Crippen LogP contribution in [0.4, 0.5) is 5.69 Å². The van der Waals surface area contributed by atoms with E-state index in [0.717, 1.165) is 5.69 Å². The number of amides is 1. The van der Waals surface area contributed by atoms with Crippen molar-refractivity contribution in [1.82, 2.24) is 20.0 Å². The Morgan fingerprint density at radius 2 is 2.12 bits per heavy atom. The standard InChI is InChI=1S/C16H15N5O4/c1-9-5-13(22)14(7-21(9)2)25-8-15(23)17-10-3-4-12-11(6-10)16(24)19-20-18-12/h3-7H,8H2,1-2H3,(H,17,23)(H,18,19,24). The number of carbonyl (C=O) groups excluding carboxylic acids is 1. The summed E-state index contributed by atoms with van der Waals surface area (Å²) in [4.78, 5) is 35.5. The number of carbonyl (C=O) groups is 1. The Morgan fingerprint density at radius 3 is 2.92 bits per heavy atom. The summed E-state index contributed by atoms with van der Waals surface area (Å²) < 4.78 is 7.01. The summed E-state index contributed by atoms with van der Waals surface area (Å²) in [5.41, 5.74) is 0.920. The summed E-state index contributed by atoms with van der Waals surface area (Å²) in [6.45, 7) is 1.46. The van der Waals surface area contributed by atoms with Crippen molar-refractivity contribution in [2.24, 2.45) is 7.05 Å². The van der Waals surface area contributed by atoms with Crippen LogP contribution in [0.15, 0.2) is 40.1 Å². The number of ether oxygens (including phenoxy) is 1. The van der Waals surface area contributed by atoms with Crippen molar-refractivity contribution >= 4 is 22.5 Å². The fourth-order valence-electron chi connectivity index (χ4n) is 2.22. The molecule has 0 fully saturated rings. The van der Waals surface area contributed by atoms with Gasteiger partial charge in [0.1, 0.15) is 5.52 Å². The van der Waals surface area contributed by atoms with Crippen LogP contribution in [0.25, 0.3) is 10.9 Å². The summed E-state index contributed by atoms with van der Waals surface area (Å²) in [6.07, 6.45) is 1.53. The molecular weight excluding hydrogens is 326 g/mol. The molecule has 9 heteroatoms. The number of nitrogens with zero attached hydrogens (tertiary/aromatic N) is 3. The average Bonchev–Trinajstić information content (AvgIpc) is 2.58. The van der Waals surface area contributed by atoms with Crippen LogP contribution < -0.4 is 21.0 Å². The zero-order valence-corrected chi connectivity index (χ0v) is 13.6. The van der Waals surface area contributed by atoms with Gasteiger partial charge in [-0.2, -0.15) is 0 Å². The summed E-state index contributed by atoms with van der Waals surface area (Å²) in [5.74, 6) is -0.367. The molecule has 9 nitrogen and oxygen atoms in total. The van der Waals surface area contributed by atoms with Crippen molar-refractivity contribution in [2.75, 3.05) is 11.9 Å². The van der Waals surface area contributed by atoms with Crippen molar-refractivity contribution < 1.29 is 9.53 Å². The number of hydrogen-bond acceptors (Lipinski definition) is 6. The Kier molecular flexibility index (Phi) is 4.29. The number of H-pyrrole nitrogens is 1. The summed E-state index contributed by atoms with van der Waals surface area (Å²) in [6, 6.07) is 6.10. The number of aryl methyl sites for hydroxylation is 2. The number of nitrogens with one attached hydrogen (secondary N) is 2. The van der Waals surface area contributed by atoms with Gasteiger partial charge in [-0.15, -0.1) is 5.10 Å². The second kappa shape index (κ2) is 6.56. The van der Waals surface area contributed by atoms with Gasteiger partial charge in [-0.3, -0.25) is 14.4 Å². The average molecular weight is 341 g/mol. The van der Waals surface area contributed by atoms with Crippen molar-refractivity contribution in [3.8, 4) is 5.75 Å². The Hall–Kier alpha value is -3.49. The van der Waals surface area contributed by atoms with Gasteiger partial charge in [0.15, 0.2) is 12.4 Å². The molecule has 1 aromatic carbocycles. The zero-order valence-electron chi connectivity index (χ0n) is 13.6. The number of pyridine rings is 1. The van der Waals surface area contributed by atoms with Crippen LogP contribution in [0.2, 0.25) is 0 Å². The van der Waals surface area contributed by atoms with E-state index in [9.17, 15) is 14.4 Å². The van der Waals surface area contributed by atoms with Crippen LogP contribution in [-0.2, 0) is 11.8 Å². The first-order valence-corrected chi connectivity index (χ1v) is 7.39. The van der Waals surface area contributed by atoms with Gasteiger partial charge < -0.3 is 14.6 Å². The van der Waals surface area contributed by atoms with Gasteiger partial charge in [0.05, 0.1) is 5.39 Å². The van der Waals surface area contributed by atoms with E-state index in [1.807, 2.05) is 0 Å². The van der Waals surface area contributed by atoms with E-state index in [2.05, 4.69) is 20.7 Å². The normalized spacial score (nSPS) is 10.6. The van der Waals surface area contributed by atoms with Crippen LogP contribution in [0.1, 0.15) is 5.69 Å². The van der Waals surface area contributed by atoms with Crippen molar-refractivity contribution in [3.63, 3.8) is 0 Å². The number of anilines is 1. The topological polar surface area (TPSA) is 119 Å². The molecule has 0 aliphatic heterocycles. The third-order valence-corrected chi connectivity index (χ3v) is 3.64. The first-order valence-electron chi connectivity index (χ1n) is 7.39. The highest BCUT2D eigenvalue weighted by Crippen LogP contribution is 2.13. The van der Waals surface area contributed by atoms with Gasteiger partial charge in [-0.25, -0.2) is 5.10 Å². The molecule has 0 radical (unpaired) electrons. The molecule has 2 N–H and O–H groups in total. The fourth-order valence-corrected chi connectivity index (χ4v) is 2.22. The van der Waals surface area contributed by atoms with Gasteiger partial charge in [-0.1, -0.05) is 5.21 Å². The first kappa shape index (κ1) is 16.4. The predicted molar refractivity (Wildman–Crippen MR) is 90.7 cm³/mol. The second-order valence-electron chi connectivity index (χ2n) is 5.46. The van der Waals surface area contributed by atoms with Crippen molar-refractivity contribution in [3.05, 3.63) is 56.7 Å². The van der Waals surface area contributed by atoms with Crippen molar-refractivity contribution in [2.45, 2.75) is 6.92 Å². The minimum Gasteiger partial charge on any atom is -0.478 e. The fraction of sp³-hybridized carbons (Fsp3) is 0.188. The molecular formula is C16H15N5O4. The molecule has 2 aromatic heterocycles. The highest BCUT2D eigenvalue weighted by atomic mass is 16.5. The molecule has 3 aromatic rings. The van der Waals surface area contributed by atoms with E-state index >= 15 is 0 Å². The number of hydrogen-bond donors (Lipinski definition) is 2. The van der Waals surface area contributed by atoms with E-state index in [-0.39, 0.29) is 17.8 Å². The van der Waals surface area contributed by atoms with Gasteiger partial charge in [0.25, 0.3) is 11.5 Å². The van der Waals surface area contributed by atoms with Gasteiger partial charge in [0.2, 0.25) is 5.43 Å². The Labute approximate surface area is 141 Å². The summed E-state index contributed by atoms with van der Waals surface area (Å²) in [5, 5.41) is 12.4. The molecule has 25 heavy (non-hydrogen) atoms. The summed E-state index contributed by atoms with van der Waals surface area (Å²) >= 11 is 0. The van der Waals surface area contributed by atoms with E-state index < -0.39 is 11.5 Å². The van der Waals surface area contributed by atoms with Crippen LogP contribution in [0.5, 0.6) is 5.75 Å². The lowest BCUT2D eigenvalue weighted by molar-refractivity contribution is -0.118. The Morgan fingerprint density at radius 1 is 1.32 bits per heavy atom. The molecule has 0 spiro atoms. The molecule has 0 unspecified atom stereocenters. The molecule has 0 atom stereocenters. The lowest BCUT2D eigenvalue weighted by Crippen LogP contribution is -2.23. The maximum absolute atomic E-state index is 12.0. The molecule has 0 saturated carbocycles. The first-order chi connectivity index (χ1) is 11.9. The van der Waals surface area contributed by atoms with E-state index in [1.165, 1.54) is 18.3 Å². The molecule has 2 heterocycles. The number of aromatic amines is 1. The molecule has 3 rings (SSSR count). The number of benzene rings is 1. The van der Waals surface area contributed by atoms with Gasteiger partial charge in [0, 0.05) is 30.7 Å². The Balaban J connectivity index is 1.71. The predicted octanol–water partition coefficient (Wildman–Crippen LogP) is 0.343. The molecule has 1 amide bonds. The lowest BCUT2D eigenvalue weighted by atomic mass is 10.2. The van der Waals surface area contributed by atoms with E-state index in [1.54, 1.807) is 30.7 Å². The van der Waals surface area contributed by atoms with Gasteiger partial charge in [-0.05, 0) is 25.1 Å². The molecule has 0 saturated heterocycles. The maximum atomic E-state index is 12.0. The largest absolute Gasteiger partial charge is 0.478 e. The molecule has 0 bridgehead atoms. The quantitative estimate of drug-likeness (QED) is 0.706. The summed E-state index contributed by atoms with van der Waals surface area (Å²) in [7, 11) is 1.78. The van der Waals surface area contributed by atoms with E-state index in [0.29, 0.717) is 16.6 Å². The smallest absolute Gasteiger partial charge is 0.275 e. The molecule has 128 valence electrons. The van der Waals surface area contributed by atoms with Crippen molar-refractivity contribution in [1.29, 1.82) is 0 Å². The van der Waals surface area contributed by atoms with Crippen LogP contribution in [-0.4, -0.2) is 32.5 Å². The van der Waals surface area contributed by atoms with Crippen LogP contribution in [0, 0.1) is 6.92 Å². The minimum absolute atomic E-state index is 0.0912. The maximum Gasteiger partial charge on any atom is 0.275 e. The SMILES string of the molecule is Cc1cc(=O)c(OCC(=O)Nc2ccc3nn[nH]c(=O)c3c2)cn1C. The molecule has 0 aliphatic carbocycles. The number of fused-ring (bicyclic) bond motifs is 1. The minimum atomic E-state index is -0.458. The van der Waals surface area contributed by atoms with Crippen LogP contribution >= 0.6 is 0 Å². The molecule has 0 aliphatic rings. The second-order valence-corrected chi connectivity index (χ2v) is 5.46. The van der Waals surface area contributed by atoms with Crippen LogP contribution in [0.3, 0.4) is 0 Å². The highest BCUT2D eigenvalue weighted by Gasteiger charge is 2.09. The van der Waals surface area contributed by atoms with Gasteiger partial charge >= 0.3 is 0 Å². The number of rotatable bonds is 4. The van der Waals surface area contributed by atoms with E-state index in [4.69, 9.17) is 4.74 Å².